The molecular weight excluding hydrogens is 292 g/mol. The molecule has 20 heavy (non-hydrogen) atoms. The zero-order valence-electron chi connectivity index (χ0n) is 12.4. The number of aliphatic hydroxyl groups excluding tert-OH is 1. The van der Waals surface area contributed by atoms with Gasteiger partial charge in [-0.2, -0.15) is 0 Å². The fourth-order valence-electron chi connectivity index (χ4n) is 1.76. The lowest BCUT2D eigenvalue weighted by atomic mass is 9.88. The molecule has 1 aromatic rings. The number of aryl methyl sites for hydroxylation is 1. The third-order valence-electron chi connectivity index (χ3n) is 2.93. The van der Waals surface area contributed by atoms with Crippen LogP contribution < -0.4 is 5.32 Å². The average molecular weight is 316 g/mol. The van der Waals surface area contributed by atoms with E-state index in [9.17, 15) is 4.79 Å². The smallest absolute Gasteiger partial charge is 0.230 e. The van der Waals surface area contributed by atoms with Gasteiger partial charge in [0.05, 0.1) is 16.5 Å². The van der Waals surface area contributed by atoms with Gasteiger partial charge in [-0.3, -0.25) is 4.79 Å². The number of aliphatic hydroxyl groups is 1. The molecule has 0 aliphatic carbocycles. The lowest BCUT2D eigenvalue weighted by Gasteiger charge is -2.24. The van der Waals surface area contributed by atoms with Crippen LogP contribution in [0.25, 0.3) is 0 Å². The number of hydrogen-bond acceptors (Lipinski definition) is 5. The topological polar surface area (TPSA) is 62.2 Å². The van der Waals surface area contributed by atoms with Crippen molar-refractivity contribution in [2.24, 2.45) is 5.41 Å². The molecule has 0 saturated heterocycles. The molecule has 0 saturated carbocycles. The summed E-state index contributed by atoms with van der Waals surface area (Å²) in [6, 6.07) is 0. The second-order valence-electron chi connectivity index (χ2n) is 5.62. The van der Waals surface area contributed by atoms with Crippen LogP contribution >= 0.6 is 23.1 Å². The summed E-state index contributed by atoms with van der Waals surface area (Å²) in [5.74, 6) is 1.32. The number of rotatable bonds is 9. The Bertz CT molecular complexity index is 419. The van der Waals surface area contributed by atoms with E-state index in [1.54, 1.807) is 23.1 Å². The number of amides is 1. The van der Waals surface area contributed by atoms with Crippen molar-refractivity contribution in [2.75, 3.05) is 18.9 Å². The number of nitrogens with zero attached hydrogens (tertiary/aromatic N) is 1. The highest BCUT2D eigenvalue weighted by atomic mass is 32.2. The van der Waals surface area contributed by atoms with Gasteiger partial charge in [-0.05, 0) is 25.2 Å². The third kappa shape index (κ3) is 7.26. The van der Waals surface area contributed by atoms with Crippen LogP contribution in [0.1, 0.15) is 37.4 Å². The highest BCUT2D eigenvalue weighted by molar-refractivity contribution is 7.99. The van der Waals surface area contributed by atoms with Crippen LogP contribution in [0.15, 0.2) is 5.38 Å². The maximum absolute atomic E-state index is 11.8. The quantitative estimate of drug-likeness (QED) is 0.735. The van der Waals surface area contributed by atoms with Crippen molar-refractivity contribution >= 4 is 29.0 Å². The van der Waals surface area contributed by atoms with Gasteiger partial charge in [0.15, 0.2) is 0 Å². The van der Waals surface area contributed by atoms with Gasteiger partial charge in [0.25, 0.3) is 0 Å². The minimum atomic E-state index is 0.0368. The van der Waals surface area contributed by atoms with Gasteiger partial charge in [0, 0.05) is 24.3 Å². The molecule has 0 bridgehead atoms. The van der Waals surface area contributed by atoms with Crippen molar-refractivity contribution < 1.29 is 9.90 Å². The first-order chi connectivity index (χ1) is 9.43. The summed E-state index contributed by atoms with van der Waals surface area (Å²) < 4.78 is 0. The summed E-state index contributed by atoms with van der Waals surface area (Å²) in [5, 5.41) is 14.9. The van der Waals surface area contributed by atoms with E-state index in [0.29, 0.717) is 12.3 Å². The van der Waals surface area contributed by atoms with E-state index in [1.165, 1.54) is 0 Å². The van der Waals surface area contributed by atoms with E-state index in [0.717, 1.165) is 29.3 Å². The Morgan fingerprint density at radius 2 is 2.30 bits per heavy atom. The zero-order chi connectivity index (χ0) is 15.0. The van der Waals surface area contributed by atoms with Gasteiger partial charge < -0.3 is 10.4 Å². The fraction of sp³-hybridized carbons (Fsp3) is 0.714. The monoisotopic (exact) mass is 316 g/mol. The van der Waals surface area contributed by atoms with Gasteiger partial charge in [-0.15, -0.1) is 23.1 Å². The van der Waals surface area contributed by atoms with E-state index in [-0.39, 0.29) is 17.9 Å². The molecule has 1 amide bonds. The predicted molar refractivity (Wildman–Crippen MR) is 86.1 cm³/mol. The SMILES string of the molecule is Cc1nc(CSCC(=O)NCC(C)(C)CCCO)cs1. The minimum absolute atomic E-state index is 0.0368. The number of hydrogen-bond donors (Lipinski definition) is 2. The molecule has 1 rings (SSSR count). The molecule has 0 spiro atoms. The van der Waals surface area contributed by atoms with E-state index < -0.39 is 0 Å². The molecule has 0 atom stereocenters. The van der Waals surface area contributed by atoms with E-state index in [1.807, 2.05) is 12.3 Å². The lowest BCUT2D eigenvalue weighted by molar-refractivity contribution is -0.119. The Morgan fingerprint density at radius 1 is 1.55 bits per heavy atom. The summed E-state index contributed by atoms with van der Waals surface area (Å²) in [6.07, 6.45) is 1.69. The Hall–Kier alpha value is -0.590. The molecular formula is C14H24N2O2S2. The Kier molecular flexibility index (Phi) is 7.55. The highest BCUT2D eigenvalue weighted by Gasteiger charge is 2.18. The standard InChI is InChI=1S/C14H24N2O2S2/c1-11-16-12(8-20-11)7-19-9-13(18)15-10-14(2,3)5-4-6-17/h8,17H,4-7,9-10H2,1-3H3,(H,15,18). The van der Waals surface area contributed by atoms with E-state index in [2.05, 4.69) is 24.1 Å². The van der Waals surface area contributed by atoms with Crippen LogP contribution in [0.3, 0.4) is 0 Å². The molecule has 0 aliphatic rings. The number of thiazole rings is 1. The van der Waals surface area contributed by atoms with Crippen molar-refractivity contribution in [3.63, 3.8) is 0 Å². The molecule has 0 aliphatic heterocycles. The van der Waals surface area contributed by atoms with Gasteiger partial charge in [0.2, 0.25) is 5.91 Å². The fourth-order valence-corrected chi connectivity index (χ4v) is 3.22. The van der Waals surface area contributed by atoms with Crippen molar-refractivity contribution in [2.45, 2.75) is 39.4 Å². The molecule has 114 valence electrons. The minimum Gasteiger partial charge on any atom is -0.396 e. The van der Waals surface area contributed by atoms with E-state index >= 15 is 0 Å². The molecule has 0 radical (unpaired) electrons. The summed E-state index contributed by atoms with van der Waals surface area (Å²) in [4.78, 5) is 16.1. The summed E-state index contributed by atoms with van der Waals surface area (Å²) >= 11 is 3.23. The second kappa shape index (κ2) is 8.64. The van der Waals surface area contributed by atoms with Crippen molar-refractivity contribution in [1.29, 1.82) is 0 Å². The summed E-state index contributed by atoms with van der Waals surface area (Å²) in [7, 11) is 0. The molecule has 0 unspecified atom stereocenters. The van der Waals surface area contributed by atoms with Crippen LogP contribution in [0.2, 0.25) is 0 Å². The van der Waals surface area contributed by atoms with Gasteiger partial charge in [0.1, 0.15) is 0 Å². The van der Waals surface area contributed by atoms with Crippen molar-refractivity contribution in [3.05, 3.63) is 16.1 Å². The van der Waals surface area contributed by atoms with Crippen molar-refractivity contribution in [3.8, 4) is 0 Å². The lowest BCUT2D eigenvalue weighted by Crippen LogP contribution is -2.35. The normalized spacial score (nSPS) is 11.6. The number of nitrogens with one attached hydrogen (secondary N) is 1. The second-order valence-corrected chi connectivity index (χ2v) is 7.67. The summed E-state index contributed by atoms with van der Waals surface area (Å²) in [6.45, 7) is 7.06. The predicted octanol–water partition coefficient (Wildman–Crippen LogP) is 2.60. The summed E-state index contributed by atoms with van der Waals surface area (Å²) in [5.41, 5.74) is 1.09. The first kappa shape index (κ1) is 17.5. The van der Waals surface area contributed by atoms with Crippen LogP contribution in [0.5, 0.6) is 0 Å². The molecule has 2 N–H and O–H groups in total. The first-order valence-corrected chi connectivity index (χ1v) is 8.83. The van der Waals surface area contributed by atoms with Gasteiger partial charge in [-0.25, -0.2) is 4.98 Å². The zero-order valence-corrected chi connectivity index (χ0v) is 14.1. The average Bonchev–Trinajstić information content (AvgIpc) is 2.80. The van der Waals surface area contributed by atoms with Gasteiger partial charge in [-0.1, -0.05) is 13.8 Å². The molecule has 0 aromatic carbocycles. The Balaban J connectivity index is 2.17. The van der Waals surface area contributed by atoms with Crippen LogP contribution in [-0.4, -0.2) is 34.9 Å². The molecule has 1 heterocycles. The maximum Gasteiger partial charge on any atom is 0.230 e. The molecule has 1 aromatic heterocycles. The van der Waals surface area contributed by atoms with Crippen LogP contribution in [-0.2, 0) is 10.5 Å². The Morgan fingerprint density at radius 3 is 2.90 bits per heavy atom. The molecule has 0 fully saturated rings. The van der Waals surface area contributed by atoms with E-state index in [4.69, 9.17) is 5.11 Å². The number of carbonyl (C=O) groups excluding carboxylic acids is 1. The van der Waals surface area contributed by atoms with Crippen LogP contribution in [0.4, 0.5) is 0 Å². The largest absolute Gasteiger partial charge is 0.396 e. The first-order valence-electron chi connectivity index (χ1n) is 6.79. The number of thioether (sulfide) groups is 1. The maximum atomic E-state index is 11.8. The molecule has 6 heteroatoms. The Labute approximate surface area is 129 Å². The van der Waals surface area contributed by atoms with Crippen molar-refractivity contribution in [1.82, 2.24) is 10.3 Å². The third-order valence-corrected chi connectivity index (χ3v) is 4.71. The van der Waals surface area contributed by atoms with Crippen LogP contribution in [0, 0.1) is 12.3 Å². The van der Waals surface area contributed by atoms with Gasteiger partial charge >= 0.3 is 0 Å². The number of carbonyl (C=O) groups is 1. The highest BCUT2D eigenvalue weighted by Crippen LogP contribution is 2.21. The number of aromatic nitrogens is 1. The molecule has 4 nitrogen and oxygen atoms in total.